The number of hydrogen-bond donors (Lipinski definition) is 0. The molecule has 3 heteroatoms. The quantitative estimate of drug-likeness (QED) is 0.349. The SMILES string of the molecule is O=[SH+](Cl)c1ccccc1. The molecule has 0 N–H and O–H groups in total. The Kier molecular flexibility index (Phi) is 2.25. The highest BCUT2D eigenvalue weighted by atomic mass is 35.7. The van der Waals surface area contributed by atoms with E-state index in [0.29, 0.717) is 4.90 Å². The van der Waals surface area contributed by atoms with Crippen molar-refractivity contribution in [2.24, 2.45) is 0 Å². The lowest BCUT2D eigenvalue weighted by atomic mass is 10.4. The van der Waals surface area contributed by atoms with Gasteiger partial charge in [-0.3, -0.25) is 0 Å². The number of thiol groups is 1. The molecule has 0 heterocycles. The smallest absolute Gasteiger partial charge is 0.0812 e. The molecule has 0 saturated carbocycles. The Morgan fingerprint density at radius 1 is 1.22 bits per heavy atom. The van der Waals surface area contributed by atoms with Gasteiger partial charge in [0.2, 0.25) is 10.0 Å². The van der Waals surface area contributed by atoms with Gasteiger partial charge in [0.25, 0.3) is 0 Å². The molecule has 48 valence electrons. The summed E-state index contributed by atoms with van der Waals surface area (Å²) in [5, 5.41) is 0. The monoisotopic (exact) mass is 161 g/mol. The van der Waals surface area contributed by atoms with E-state index < -0.39 is 10.0 Å². The zero-order valence-corrected chi connectivity index (χ0v) is 6.27. The molecule has 0 saturated heterocycles. The van der Waals surface area contributed by atoms with Crippen LogP contribution in [-0.4, -0.2) is 0 Å². The average molecular weight is 162 g/mol. The highest BCUT2D eigenvalue weighted by molar-refractivity contribution is 8.08. The predicted molar refractivity (Wildman–Crippen MR) is 40.0 cm³/mol. The second-order valence-electron chi connectivity index (χ2n) is 1.58. The van der Waals surface area contributed by atoms with Gasteiger partial charge in [0.1, 0.15) is 0 Å². The maximum absolute atomic E-state index is 10.6. The lowest BCUT2D eigenvalue weighted by Crippen LogP contribution is -1.75. The summed E-state index contributed by atoms with van der Waals surface area (Å²) in [5.74, 6) is 0. The molecule has 0 aliphatic rings. The Balaban J connectivity index is 2.98. The zero-order valence-electron chi connectivity index (χ0n) is 4.62. The van der Waals surface area contributed by atoms with Crippen LogP contribution in [0.2, 0.25) is 0 Å². The number of rotatable bonds is 1. The second-order valence-corrected chi connectivity index (χ2v) is 3.51. The average Bonchev–Trinajstić information content (AvgIpc) is 1.90. The second kappa shape index (κ2) is 2.99. The van der Waals surface area contributed by atoms with Gasteiger partial charge in [0.05, 0.1) is 0 Å². The van der Waals surface area contributed by atoms with Gasteiger partial charge in [0.15, 0.2) is 15.6 Å². The van der Waals surface area contributed by atoms with Gasteiger partial charge in [0, 0.05) is 0 Å². The molecule has 1 atom stereocenters. The summed E-state index contributed by atoms with van der Waals surface area (Å²) < 4.78 is 10.6. The molecule has 1 unspecified atom stereocenters. The third-order valence-electron chi connectivity index (χ3n) is 0.959. The van der Waals surface area contributed by atoms with Crippen molar-refractivity contribution in [3.05, 3.63) is 30.3 Å². The Morgan fingerprint density at radius 3 is 2.11 bits per heavy atom. The van der Waals surface area contributed by atoms with E-state index in [1.165, 1.54) is 0 Å². The third-order valence-corrected chi connectivity index (χ3v) is 2.25. The summed E-state index contributed by atoms with van der Waals surface area (Å²) in [7, 11) is 3.64. The van der Waals surface area contributed by atoms with E-state index in [9.17, 15) is 4.21 Å². The first-order valence-electron chi connectivity index (χ1n) is 2.49. The number of benzene rings is 1. The van der Waals surface area contributed by atoms with Crippen LogP contribution in [-0.2, 0) is 14.2 Å². The van der Waals surface area contributed by atoms with Gasteiger partial charge in [-0.25, -0.2) is 0 Å². The topological polar surface area (TPSA) is 17.1 Å². The minimum atomic E-state index is -1.67. The molecule has 0 bridgehead atoms. The van der Waals surface area contributed by atoms with Crippen LogP contribution < -0.4 is 0 Å². The van der Waals surface area contributed by atoms with Crippen molar-refractivity contribution in [3.63, 3.8) is 0 Å². The summed E-state index contributed by atoms with van der Waals surface area (Å²) >= 11 is 0. The zero-order chi connectivity index (χ0) is 6.69. The third kappa shape index (κ3) is 1.80. The van der Waals surface area contributed by atoms with Crippen molar-refractivity contribution >= 4 is 20.7 Å². The summed E-state index contributed by atoms with van der Waals surface area (Å²) in [6.07, 6.45) is 0. The van der Waals surface area contributed by atoms with E-state index in [-0.39, 0.29) is 0 Å². The minimum Gasteiger partial charge on any atom is -0.0812 e. The van der Waals surface area contributed by atoms with E-state index in [1.54, 1.807) is 12.1 Å². The molecule has 0 aliphatic heterocycles. The lowest BCUT2D eigenvalue weighted by molar-refractivity contribution is 0.602. The van der Waals surface area contributed by atoms with Gasteiger partial charge >= 0.3 is 0 Å². The molecule has 0 amide bonds. The van der Waals surface area contributed by atoms with Crippen LogP contribution in [0, 0.1) is 0 Å². The first-order valence-corrected chi connectivity index (χ1v) is 4.65. The first-order chi connectivity index (χ1) is 4.30. The van der Waals surface area contributed by atoms with Gasteiger partial charge in [-0.15, -0.1) is 0 Å². The van der Waals surface area contributed by atoms with E-state index >= 15 is 0 Å². The standard InChI is InChI=1S/C6H5ClOS/c7-9(8)6-4-2-1-3-5-6/h1-5H/p+1. The van der Waals surface area contributed by atoms with Crippen LogP contribution >= 0.6 is 10.7 Å². The van der Waals surface area contributed by atoms with Gasteiger partial charge in [-0.1, -0.05) is 22.4 Å². The molecule has 1 aromatic carbocycles. The highest BCUT2D eigenvalue weighted by Gasteiger charge is 2.02. The molecule has 0 fully saturated rings. The normalized spacial score (nSPS) is 13.0. The highest BCUT2D eigenvalue weighted by Crippen LogP contribution is 2.07. The van der Waals surface area contributed by atoms with Crippen molar-refractivity contribution < 1.29 is 4.21 Å². The Morgan fingerprint density at radius 2 is 1.78 bits per heavy atom. The van der Waals surface area contributed by atoms with Gasteiger partial charge in [-0.05, 0) is 12.1 Å². The van der Waals surface area contributed by atoms with Crippen LogP contribution in [0.5, 0.6) is 0 Å². The lowest BCUT2D eigenvalue weighted by Gasteiger charge is -1.81. The first kappa shape index (κ1) is 6.78. The van der Waals surface area contributed by atoms with Gasteiger partial charge in [-0.2, -0.15) is 0 Å². The number of halogens is 1. The fourth-order valence-corrected chi connectivity index (χ4v) is 1.29. The molecule has 9 heavy (non-hydrogen) atoms. The molecule has 1 aromatic rings. The molecule has 0 aromatic heterocycles. The Labute approximate surface area is 60.6 Å². The van der Waals surface area contributed by atoms with Crippen LogP contribution in [0.25, 0.3) is 0 Å². The van der Waals surface area contributed by atoms with Crippen LogP contribution in [0.3, 0.4) is 0 Å². The van der Waals surface area contributed by atoms with E-state index in [4.69, 9.17) is 10.7 Å². The minimum absolute atomic E-state index is 0.689. The van der Waals surface area contributed by atoms with Crippen LogP contribution in [0.4, 0.5) is 0 Å². The maximum Gasteiger partial charge on any atom is 0.202 e. The molecular formula is C6H6ClOS+. The fourth-order valence-electron chi connectivity index (χ4n) is 0.545. The van der Waals surface area contributed by atoms with E-state index in [2.05, 4.69) is 0 Å². The molecular weight excluding hydrogens is 156 g/mol. The molecule has 0 radical (unpaired) electrons. The summed E-state index contributed by atoms with van der Waals surface area (Å²) in [5.41, 5.74) is 0. The number of hydrogen-bond acceptors (Lipinski definition) is 1. The summed E-state index contributed by atoms with van der Waals surface area (Å²) in [6, 6.07) is 8.96. The largest absolute Gasteiger partial charge is 0.202 e. The predicted octanol–water partition coefficient (Wildman–Crippen LogP) is 1.90. The van der Waals surface area contributed by atoms with Crippen molar-refractivity contribution in [1.82, 2.24) is 0 Å². The molecule has 1 rings (SSSR count). The Hall–Kier alpha value is -0.340. The van der Waals surface area contributed by atoms with Crippen molar-refractivity contribution in [1.29, 1.82) is 0 Å². The van der Waals surface area contributed by atoms with Crippen LogP contribution in [0.1, 0.15) is 0 Å². The van der Waals surface area contributed by atoms with Gasteiger partial charge < -0.3 is 0 Å². The maximum atomic E-state index is 10.6. The van der Waals surface area contributed by atoms with E-state index in [1.807, 2.05) is 18.2 Å². The van der Waals surface area contributed by atoms with Crippen molar-refractivity contribution in [2.75, 3.05) is 0 Å². The Bertz CT molecular complexity index is 210. The summed E-state index contributed by atoms with van der Waals surface area (Å²) in [6.45, 7) is 0. The van der Waals surface area contributed by atoms with E-state index in [0.717, 1.165) is 0 Å². The summed E-state index contributed by atoms with van der Waals surface area (Å²) in [4.78, 5) is 0.689. The molecule has 1 nitrogen and oxygen atoms in total. The molecule has 0 spiro atoms. The fraction of sp³-hybridized carbons (Fsp3) is 0. The van der Waals surface area contributed by atoms with Crippen molar-refractivity contribution in [3.8, 4) is 0 Å². The van der Waals surface area contributed by atoms with Crippen LogP contribution in [0.15, 0.2) is 35.2 Å². The van der Waals surface area contributed by atoms with Crippen molar-refractivity contribution in [2.45, 2.75) is 4.90 Å². The molecule has 0 aliphatic carbocycles.